The summed E-state index contributed by atoms with van der Waals surface area (Å²) in [6.07, 6.45) is 4.41. The Bertz CT molecular complexity index is 177. The van der Waals surface area contributed by atoms with E-state index in [9.17, 15) is 0 Å². The zero-order valence-electron chi connectivity index (χ0n) is 6.53. The minimum atomic E-state index is 0.695. The van der Waals surface area contributed by atoms with E-state index in [-0.39, 0.29) is 0 Å². The van der Waals surface area contributed by atoms with Gasteiger partial charge < -0.3 is 10.0 Å². The number of hydrogen-bond acceptors (Lipinski definition) is 4. The van der Waals surface area contributed by atoms with Crippen LogP contribution in [0, 0.1) is 0 Å². The molecule has 4 heteroatoms. The Morgan fingerprint density at radius 3 is 3.27 bits per heavy atom. The summed E-state index contributed by atoms with van der Waals surface area (Å²) in [4.78, 5) is 5.02. The molecule has 1 heterocycles. The van der Waals surface area contributed by atoms with E-state index in [0.29, 0.717) is 6.54 Å². The zero-order valence-corrected chi connectivity index (χ0v) is 6.53. The van der Waals surface area contributed by atoms with Crippen molar-refractivity contribution in [2.24, 2.45) is 5.16 Å². The lowest BCUT2D eigenvalue weighted by Crippen LogP contribution is -2.29. The van der Waals surface area contributed by atoms with Crippen molar-refractivity contribution in [2.45, 2.75) is 6.42 Å². The third kappa shape index (κ3) is 2.32. The molecule has 1 aliphatic heterocycles. The molecule has 0 aliphatic carbocycles. The molecule has 4 nitrogen and oxygen atoms in total. The Labute approximate surface area is 65.7 Å². The van der Waals surface area contributed by atoms with Gasteiger partial charge >= 0.3 is 0 Å². The van der Waals surface area contributed by atoms with Gasteiger partial charge in [0.25, 0.3) is 0 Å². The van der Waals surface area contributed by atoms with Gasteiger partial charge in [-0.25, -0.2) is 0 Å². The highest BCUT2D eigenvalue weighted by Gasteiger charge is 2.09. The molecule has 11 heavy (non-hydrogen) atoms. The van der Waals surface area contributed by atoms with Gasteiger partial charge in [-0.3, -0.25) is 0 Å². The lowest BCUT2D eigenvalue weighted by atomic mass is 10.2. The zero-order chi connectivity index (χ0) is 8.10. The molecule has 0 amide bonds. The van der Waals surface area contributed by atoms with Crippen molar-refractivity contribution >= 4 is 6.21 Å². The van der Waals surface area contributed by atoms with Gasteiger partial charge in [0.2, 0.25) is 0 Å². The third-order valence-corrected chi connectivity index (χ3v) is 1.63. The topological polar surface area (TPSA) is 45.1 Å². The van der Waals surface area contributed by atoms with Crippen molar-refractivity contribution in [2.75, 3.05) is 20.2 Å². The van der Waals surface area contributed by atoms with Crippen LogP contribution in [0.15, 0.2) is 16.8 Å². The smallest absolute Gasteiger partial charge is 0.0704 e. The highest BCUT2D eigenvalue weighted by molar-refractivity contribution is 5.78. The summed E-state index contributed by atoms with van der Waals surface area (Å²) in [7, 11) is 1.64. The lowest BCUT2D eigenvalue weighted by Gasteiger charge is -2.22. The first-order valence-electron chi connectivity index (χ1n) is 3.52. The van der Waals surface area contributed by atoms with E-state index in [2.05, 4.69) is 5.16 Å². The second-order valence-corrected chi connectivity index (χ2v) is 2.36. The molecule has 1 rings (SSSR count). The van der Waals surface area contributed by atoms with Gasteiger partial charge in [-0.15, -0.1) is 0 Å². The molecular formula is C7H12N2O2. The van der Waals surface area contributed by atoms with E-state index < -0.39 is 0 Å². The van der Waals surface area contributed by atoms with Crippen LogP contribution >= 0.6 is 0 Å². The molecule has 0 radical (unpaired) electrons. The predicted molar refractivity (Wildman–Crippen MR) is 41.6 cm³/mol. The summed E-state index contributed by atoms with van der Waals surface area (Å²) in [6.45, 7) is 1.60. The molecule has 0 bridgehead atoms. The van der Waals surface area contributed by atoms with Gasteiger partial charge in [0, 0.05) is 6.54 Å². The maximum absolute atomic E-state index is 8.25. The molecule has 0 unspecified atom stereocenters. The van der Waals surface area contributed by atoms with Crippen LogP contribution in [0.1, 0.15) is 6.42 Å². The van der Waals surface area contributed by atoms with Crippen molar-refractivity contribution < 1.29 is 10.0 Å². The van der Waals surface area contributed by atoms with Gasteiger partial charge in [0.05, 0.1) is 19.9 Å². The molecule has 0 atom stereocenters. The first kappa shape index (κ1) is 8.23. The van der Waals surface area contributed by atoms with E-state index in [1.165, 1.54) is 6.21 Å². The quantitative estimate of drug-likeness (QED) is 0.362. The van der Waals surface area contributed by atoms with E-state index in [4.69, 9.17) is 10.0 Å². The van der Waals surface area contributed by atoms with Crippen molar-refractivity contribution in [1.82, 2.24) is 5.06 Å². The Kier molecular flexibility index (Phi) is 3.07. The molecule has 1 aliphatic rings. The number of hydrogen-bond donors (Lipinski definition) is 1. The molecule has 0 fully saturated rings. The van der Waals surface area contributed by atoms with Crippen LogP contribution in [-0.4, -0.2) is 36.7 Å². The Balaban J connectivity index is 2.48. The number of nitrogens with zero attached hydrogens (tertiary/aromatic N) is 2. The van der Waals surface area contributed by atoms with E-state index >= 15 is 0 Å². The largest absolute Gasteiger partial charge is 0.411 e. The summed E-state index contributed by atoms with van der Waals surface area (Å²) in [5.74, 6) is 0. The number of oxime groups is 1. The SMILES string of the molecule is CON1CCC=C(C=NO)C1. The van der Waals surface area contributed by atoms with Crippen molar-refractivity contribution in [3.63, 3.8) is 0 Å². The van der Waals surface area contributed by atoms with Gasteiger partial charge in [-0.05, 0) is 12.0 Å². The maximum Gasteiger partial charge on any atom is 0.0704 e. The van der Waals surface area contributed by atoms with Gasteiger partial charge in [0.15, 0.2) is 0 Å². The van der Waals surface area contributed by atoms with Crippen LogP contribution in [0.2, 0.25) is 0 Å². The molecule has 0 saturated carbocycles. The molecule has 62 valence electrons. The normalized spacial score (nSPS) is 20.6. The van der Waals surface area contributed by atoms with Crippen LogP contribution < -0.4 is 0 Å². The van der Waals surface area contributed by atoms with Crippen molar-refractivity contribution in [3.8, 4) is 0 Å². The molecular weight excluding hydrogens is 144 g/mol. The van der Waals surface area contributed by atoms with Crippen LogP contribution in [0.5, 0.6) is 0 Å². The second-order valence-electron chi connectivity index (χ2n) is 2.36. The Hall–Kier alpha value is -0.870. The highest BCUT2D eigenvalue weighted by atomic mass is 16.7. The molecule has 0 aromatic carbocycles. The minimum absolute atomic E-state index is 0.695. The molecule has 0 aromatic rings. The van der Waals surface area contributed by atoms with Crippen LogP contribution in [0.4, 0.5) is 0 Å². The Morgan fingerprint density at radius 1 is 1.82 bits per heavy atom. The molecule has 0 saturated heterocycles. The van der Waals surface area contributed by atoms with E-state index in [0.717, 1.165) is 18.5 Å². The van der Waals surface area contributed by atoms with E-state index in [1.807, 2.05) is 11.1 Å². The van der Waals surface area contributed by atoms with Crippen molar-refractivity contribution in [1.29, 1.82) is 0 Å². The first-order valence-corrected chi connectivity index (χ1v) is 3.52. The minimum Gasteiger partial charge on any atom is -0.411 e. The summed E-state index contributed by atoms with van der Waals surface area (Å²) in [5, 5.41) is 13.0. The highest BCUT2D eigenvalue weighted by Crippen LogP contribution is 2.06. The number of rotatable bonds is 2. The summed E-state index contributed by atoms with van der Waals surface area (Å²) >= 11 is 0. The van der Waals surface area contributed by atoms with Gasteiger partial charge in [-0.2, -0.15) is 5.06 Å². The van der Waals surface area contributed by atoms with Crippen molar-refractivity contribution in [3.05, 3.63) is 11.6 Å². The summed E-state index contributed by atoms with van der Waals surface area (Å²) in [5.41, 5.74) is 0.987. The fourth-order valence-electron chi connectivity index (χ4n) is 1.06. The number of hydroxylamine groups is 2. The summed E-state index contributed by atoms with van der Waals surface area (Å²) < 4.78 is 0. The molecule has 1 N–H and O–H groups in total. The third-order valence-electron chi connectivity index (χ3n) is 1.63. The average Bonchev–Trinajstić information content (AvgIpc) is 2.06. The summed E-state index contributed by atoms with van der Waals surface area (Å²) in [6, 6.07) is 0. The van der Waals surface area contributed by atoms with E-state index in [1.54, 1.807) is 7.11 Å². The maximum atomic E-state index is 8.25. The fourth-order valence-corrected chi connectivity index (χ4v) is 1.06. The van der Waals surface area contributed by atoms with Gasteiger partial charge in [0.1, 0.15) is 0 Å². The van der Waals surface area contributed by atoms with Crippen LogP contribution in [0.25, 0.3) is 0 Å². The monoisotopic (exact) mass is 156 g/mol. The first-order chi connectivity index (χ1) is 5.36. The predicted octanol–water partition coefficient (Wildman–Crippen LogP) is 0.640. The lowest BCUT2D eigenvalue weighted by molar-refractivity contribution is -0.124. The second kappa shape index (κ2) is 4.10. The van der Waals surface area contributed by atoms with Crippen LogP contribution in [-0.2, 0) is 4.84 Å². The Morgan fingerprint density at radius 2 is 2.64 bits per heavy atom. The van der Waals surface area contributed by atoms with Crippen LogP contribution in [0.3, 0.4) is 0 Å². The standard InChI is InChI=1S/C7H12N2O2/c1-11-9-4-2-3-7(6-9)5-8-10/h3,5,10H,2,4,6H2,1H3. The average molecular weight is 156 g/mol. The van der Waals surface area contributed by atoms with Gasteiger partial charge in [-0.1, -0.05) is 11.2 Å². The molecule has 0 aromatic heterocycles. The molecule has 0 spiro atoms. The fraction of sp³-hybridized carbons (Fsp3) is 0.571.